The van der Waals surface area contributed by atoms with Gasteiger partial charge in [-0.2, -0.15) is 5.26 Å². The zero-order valence-electron chi connectivity index (χ0n) is 9.15. The number of thiophene rings is 1. The molecule has 5 heteroatoms. The molecule has 2 aromatic heterocycles. The molecule has 0 saturated heterocycles. The second kappa shape index (κ2) is 4.81. The van der Waals surface area contributed by atoms with Crippen LogP contribution in [0, 0.1) is 18.3 Å². The van der Waals surface area contributed by atoms with Crippen molar-refractivity contribution >= 4 is 33.3 Å². The first-order valence-corrected chi connectivity index (χ1v) is 6.81. The smallest absolute Gasteiger partial charge is 0.128 e. The van der Waals surface area contributed by atoms with E-state index in [1.807, 2.05) is 6.92 Å². The van der Waals surface area contributed by atoms with E-state index in [9.17, 15) is 0 Å². The van der Waals surface area contributed by atoms with E-state index in [4.69, 9.17) is 5.26 Å². The molecule has 2 heterocycles. The van der Waals surface area contributed by atoms with Crippen LogP contribution in [0.1, 0.15) is 17.6 Å². The number of hydrogen-bond acceptors (Lipinski definition) is 5. The fraction of sp³-hybridized carbons (Fsp3) is 0.364. The number of thioether (sulfide) groups is 1. The van der Waals surface area contributed by atoms with Crippen molar-refractivity contribution in [2.45, 2.75) is 25.3 Å². The maximum atomic E-state index is 8.61. The maximum absolute atomic E-state index is 8.61. The predicted molar refractivity (Wildman–Crippen MR) is 67.9 cm³/mol. The molecule has 0 N–H and O–H groups in total. The molecule has 0 aliphatic carbocycles. The summed E-state index contributed by atoms with van der Waals surface area (Å²) in [4.78, 5) is 11.2. The minimum Gasteiger partial charge on any atom is -0.226 e. The lowest BCUT2D eigenvalue weighted by molar-refractivity contribution is 1.02. The summed E-state index contributed by atoms with van der Waals surface area (Å²) in [6, 6.07) is 4.27. The molecule has 82 valence electrons. The van der Waals surface area contributed by atoms with Crippen molar-refractivity contribution in [2.24, 2.45) is 0 Å². The van der Waals surface area contributed by atoms with E-state index in [1.165, 1.54) is 16.6 Å². The van der Waals surface area contributed by atoms with E-state index >= 15 is 0 Å². The third-order valence-electron chi connectivity index (χ3n) is 2.14. The van der Waals surface area contributed by atoms with Crippen molar-refractivity contribution in [3.8, 4) is 6.07 Å². The second-order valence-electron chi connectivity index (χ2n) is 3.31. The fourth-order valence-electron chi connectivity index (χ4n) is 1.43. The largest absolute Gasteiger partial charge is 0.226 e. The molecular weight excluding hydrogens is 238 g/mol. The SMILES string of the molecule is CCc1cc2c(SCC#N)nc(C)nc2s1. The van der Waals surface area contributed by atoms with Crippen LogP contribution in [-0.2, 0) is 6.42 Å². The first-order chi connectivity index (χ1) is 7.74. The van der Waals surface area contributed by atoms with Gasteiger partial charge in [0.1, 0.15) is 15.7 Å². The van der Waals surface area contributed by atoms with Crippen molar-refractivity contribution < 1.29 is 0 Å². The van der Waals surface area contributed by atoms with Gasteiger partial charge in [0, 0.05) is 10.3 Å². The monoisotopic (exact) mass is 249 g/mol. The predicted octanol–water partition coefficient (Wildman–Crippen LogP) is 3.18. The molecule has 0 radical (unpaired) electrons. The van der Waals surface area contributed by atoms with Crippen molar-refractivity contribution in [1.82, 2.24) is 9.97 Å². The normalized spacial score (nSPS) is 10.6. The summed E-state index contributed by atoms with van der Waals surface area (Å²) in [5.41, 5.74) is 0. The first-order valence-electron chi connectivity index (χ1n) is 5.01. The van der Waals surface area contributed by atoms with Crippen LogP contribution in [0.2, 0.25) is 0 Å². The molecule has 0 fully saturated rings. The number of aryl methyl sites for hydroxylation is 2. The van der Waals surface area contributed by atoms with Gasteiger partial charge in [-0.1, -0.05) is 18.7 Å². The molecule has 0 saturated carbocycles. The highest BCUT2D eigenvalue weighted by atomic mass is 32.2. The van der Waals surface area contributed by atoms with Gasteiger partial charge in [0.2, 0.25) is 0 Å². The summed E-state index contributed by atoms with van der Waals surface area (Å²) in [5.74, 6) is 1.21. The Morgan fingerprint density at radius 2 is 2.31 bits per heavy atom. The Hall–Kier alpha value is -1.12. The van der Waals surface area contributed by atoms with E-state index in [0.29, 0.717) is 5.75 Å². The standard InChI is InChI=1S/C11H11N3S2/c1-3-8-6-9-10(15-5-4-12)13-7(2)14-11(9)16-8/h6H,3,5H2,1-2H3. The van der Waals surface area contributed by atoms with E-state index in [0.717, 1.165) is 27.5 Å². The molecule has 2 rings (SSSR count). The third-order valence-corrected chi connectivity index (χ3v) is 4.17. The second-order valence-corrected chi connectivity index (χ2v) is 5.39. The Kier molecular flexibility index (Phi) is 3.42. The van der Waals surface area contributed by atoms with Crippen LogP contribution in [0.5, 0.6) is 0 Å². The zero-order chi connectivity index (χ0) is 11.5. The molecule has 0 amide bonds. The Morgan fingerprint density at radius 3 is 3.00 bits per heavy atom. The van der Waals surface area contributed by atoms with Crippen molar-refractivity contribution in [2.75, 3.05) is 5.75 Å². The van der Waals surface area contributed by atoms with Gasteiger partial charge in [-0.3, -0.25) is 0 Å². The van der Waals surface area contributed by atoms with Crippen LogP contribution < -0.4 is 0 Å². The van der Waals surface area contributed by atoms with E-state index < -0.39 is 0 Å². The molecule has 0 atom stereocenters. The van der Waals surface area contributed by atoms with Gasteiger partial charge in [-0.15, -0.1) is 11.3 Å². The van der Waals surface area contributed by atoms with Gasteiger partial charge in [0.05, 0.1) is 11.8 Å². The summed E-state index contributed by atoms with van der Waals surface area (Å²) < 4.78 is 0. The lowest BCUT2D eigenvalue weighted by atomic mass is 10.3. The number of fused-ring (bicyclic) bond motifs is 1. The Bertz CT molecular complexity index is 554. The van der Waals surface area contributed by atoms with Crippen LogP contribution in [0.4, 0.5) is 0 Å². The van der Waals surface area contributed by atoms with Crippen LogP contribution in [-0.4, -0.2) is 15.7 Å². The highest BCUT2D eigenvalue weighted by molar-refractivity contribution is 7.99. The molecule has 0 bridgehead atoms. The Morgan fingerprint density at radius 1 is 1.50 bits per heavy atom. The molecule has 0 aromatic carbocycles. The molecule has 0 aliphatic rings. The van der Waals surface area contributed by atoms with E-state index in [-0.39, 0.29) is 0 Å². The lowest BCUT2D eigenvalue weighted by Crippen LogP contribution is -1.90. The fourth-order valence-corrected chi connectivity index (χ4v) is 3.22. The van der Waals surface area contributed by atoms with Gasteiger partial charge >= 0.3 is 0 Å². The summed E-state index contributed by atoms with van der Waals surface area (Å²) in [6.45, 7) is 4.02. The quantitative estimate of drug-likeness (QED) is 0.619. The first kappa shape index (κ1) is 11.4. The van der Waals surface area contributed by atoms with Gasteiger partial charge in [-0.05, 0) is 19.4 Å². The van der Waals surface area contributed by atoms with Crippen molar-refractivity contribution in [3.63, 3.8) is 0 Å². The van der Waals surface area contributed by atoms with Crippen LogP contribution in [0.15, 0.2) is 11.1 Å². The molecular formula is C11H11N3S2. The zero-order valence-corrected chi connectivity index (χ0v) is 10.8. The van der Waals surface area contributed by atoms with Crippen molar-refractivity contribution in [3.05, 3.63) is 16.8 Å². The van der Waals surface area contributed by atoms with Gasteiger partial charge in [0.15, 0.2) is 0 Å². The molecule has 2 aromatic rings. The number of aromatic nitrogens is 2. The van der Waals surface area contributed by atoms with Gasteiger partial charge < -0.3 is 0 Å². The number of hydrogen-bond donors (Lipinski definition) is 0. The molecule has 0 aliphatic heterocycles. The number of rotatable bonds is 3. The molecule has 0 unspecified atom stereocenters. The summed E-state index contributed by atoms with van der Waals surface area (Å²) >= 11 is 3.19. The van der Waals surface area contributed by atoms with Crippen LogP contribution in [0.3, 0.4) is 0 Å². The average Bonchev–Trinajstić information content (AvgIpc) is 2.68. The lowest BCUT2D eigenvalue weighted by Gasteiger charge is -1.99. The van der Waals surface area contributed by atoms with Crippen molar-refractivity contribution in [1.29, 1.82) is 5.26 Å². The molecule has 16 heavy (non-hydrogen) atoms. The highest BCUT2D eigenvalue weighted by Crippen LogP contribution is 2.31. The molecule has 0 spiro atoms. The number of nitrogens with zero attached hydrogens (tertiary/aromatic N) is 3. The highest BCUT2D eigenvalue weighted by Gasteiger charge is 2.09. The average molecular weight is 249 g/mol. The van der Waals surface area contributed by atoms with Gasteiger partial charge in [-0.25, -0.2) is 9.97 Å². The molecule has 3 nitrogen and oxygen atoms in total. The van der Waals surface area contributed by atoms with E-state index in [1.54, 1.807) is 11.3 Å². The minimum absolute atomic E-state index is 0.433. The van der Waals surface area contributed by atoms with E-state index in [2.05, 4.69) is 29.0 Å². The van der Waals surface area contributed by atoms with Crippen LogP contribution >= 0.6 is 23.1 Å². The third kappa shape index (κ3) is 2.18. The Balaban J connectivity index is 2.53. The van der Waals surface area contributed by atoms with Gasteiger partial charge in [0.25, 0.3) is 0 Å². The Labute approximate surface area is 103 Å². The number of nitriles is 1. The van der Waals surface area contributed by atoms with Crippen LogP contribution in [0.25, 0.3) is 10.2 Å². The summed E-state index contributed by atoms with van der Waals surface area (Å²) in [5, 5.41) is 10.6. The summed E-state index contributed by atoms with van der Waals surface area (Å²) in [6.07, 6.45) is 1.02. The topological polar surface area (TPSA) is 49.6 Å². The minimum atomic E-state index is 0.433. The maximum Gasteiger partial charge on any atom is 0.128 e. The summed E-state index contributed by atoms with van der Waals surface area (Å²) in [7, 11) is 0.